The molecule has 0 radical (unpaired) electrons. The first-order valence-electron chi connectivity index (χ1n) is 8.19. The fraction of sp³-hybridized carbons (Fsp3) is 0.529. The van der Waals surface area contributed by atoms with Gasteiger partial charge in [0.05, 0.1) is 11.0 Å². The molecule has 2 aromatic rings. The Balaban J connectivity index is 2.21. The first-order chi connectivity index (χ1) is 11.0. The normalized spacial score (nSPS) is 11.8. The standard InChI is InChI=1S/C17H26N4O2/c1-4-17(18,5-2)12-19-15(22)11-21-14-10-8-7-9-13(14)20(6-3)16(21)23/h7-10H,4-6,11-12,18H2,1-3H3,(H,19,22). The van der Waals surface area contributed by atoms with Crippen LogP contribution in [0.25, 0.3) is 11.0 Å². The van der Waals surface area contributed by atoms with Crippen molar-refractivity contribution in [1.29, 1.82) is 0 Å². The second-order valence-corrected chi connectivity index (χ2v) is 5.95. The van der Waals surface area contributed by atoms with Crippen LogP contribution in [0.1, 0.15) is 33.6 Å². The second kappa shape index (κ2) is 7.00. The van der Waals surface area contributed by atoms with Crippen molar-refractivity contribution in [3.63, 3.8) is 0 Å². The molecule has 6 heteroatoms. The third-order valence-corrected chi connectivity index (χ3v) is 4.59. The Bertz CT molecular complexity index is 741. The van der Waals surface area contributed by atoms with Gasteiger partial charge in [-0.2, -0.15) is 0 Å². The van der Waals surface area contributed by atoms with E-state index in [-0.39, 0.29) is 18.1 Å². The number of nitrogens with two attached hydrogens (primary N) is 1. The predicted octanol–water partition coefficient (Wildman–Crippen LogP) is 1.46. The van der Waals surface area contributed by atoms with Crippen molar-refractivity contribution in [1.82, 2.24) is 14.5 Å². The van der Waals surface area contributed by atoms with E-state index in [9.17, 15) is 9.59 Å². The number of carbonyl (C=O) groups excluding carboxylic acids is 1. The van der Waals surface area contributed by atoms with E-state index < -0.39 is 5.54 Å². The number of para-hydroxylation sites is 2. The van der Waals surface area contributed by atoms with E-state index in [1.165, 1.54) is 4.57 Å². The Morgan fingerprint density at radius 3 is 2.22 bits per heavy atom. The minimum Gasteiger partial charge on any atom is -0.353 e. The molecule has 0 unspecified atom stereocenters. The fourth-order valence-corrected chi connectivity index (χ4v) is 2.70. The average molecular weight is 318 g/mol. The zero-order chi connectivity index (χ0) is 17.0. The number of imidazole rings is 1. The summed E-state index contributed by atoms with van der Waals surface area (Å²) < 4.78 is 3.19. The quantitative estimate of drug-likeness (QED) is 0.811. The molecule has 0 saturated carbocycles. The largest absolute Gasteiger partial charge is 0.353 e. The number of rotatable bonds is 7. The SMILES string of the molecule is CCn1c(=O)n(CC(=O)NCC(N)(CC)CC)c2ccccc21. The zero-order valence-electron chi connectivity index (χ0n) is 14.1. The summed E-state index contributed by atoms with van der Waals surface area (Å²) in [5, 5.41) is 2.86. The first-order valence-corrected chi connectivity index (χ1v) is 8.19. The molecule has 23 heavy (non-hydrogen) atoms. The molecule has 0 bridgehead atoms. The van der Waals surface area contributed by atoms with E-state index in [0.717, 1.165) is 23.9 Å². The third kappa shape index (κ3) is 3.47. The molecule has 1 aromatic carbocycles. The summed E-state index contributed by atoms with van der Waals surface area (Å²) in [6, 6.07) is 7.52. The van der Waals surface area contributed by atoms with Gasteiger partial charge in [-0.15, -0.1) is 0 Å². The molecule has 0 aliphatic heterocycles. The highest BCUT2D eigenvalue weighted by molar-refractivity contribution is 5.81. The van der Waals surface area contributed by atoms with Crippen molar-refractivity contribution in [2.75, 3.05) is 6.54 Å². The Hall–Kier alpha value is -2.08. The lowest BCUT2D eigenvalue weighted by Gasteiger charge is -2.26. The van der Waals surface area contributed by atoms with Gasteiger partial charge in [0.25, 0.3) is 0 Å². The van der Waals surface area contributed by atoms with Gasteiger partial charge in [0.15, 0.2) is 0 Å². The summed E-state index contributed by atoms with van der Waals surface area (Å²) in [5.74, 6) is -0.192. The summed E-state index contributed by atoms with van der Waals surface area (Å²) in [5.41, 5.74) is 7.28. The van der Waals surface area contributed by atoms with Gasteiger partial charge in [-0.05, 0) is 31.9 Å². The van der Waals surface area contributed by atoms with Crippen molar-refractivity contribution in [2.45, 2.75) is 52.2 Å². The topological polar surface area (TPSA) is 82.0 Å². The van der Waals surface area contributed by atoms with Crippen molar-refractivity contribution in [2.24, 2.45) is 5.73 Å². The molecule has 0 saturated heterocycles. The van der Waals surface area contributed by atoms with E-state index in [2.05, 4.69) is 5.32 Å². The highest BCUT2D eigenvalue weighted by Crippen LogP contribution is 2.13. The van der Waals surface area contributed by atoms with Gasteiger partial charge >= 0.3 is 5.69 Å². The maximum Gasteiger partial charge on any atom is 0.329 e. The van der Waals surface area contributed by atoms with Gasteiger partial charge in [0.2, 0.25) is 5.91 Å². The number of carbonyl (C=O) groups is 1. The van der Waals surface area contributed by atoms with Crippen LogP contribution in [0.2, 0.25) is 0 Å². The molecule has 126 valence electrons. The number of amides is 1. The average Bonchev–Trinajstić information content (AvgIpc) is 2.84. The number of fused-ring (bicyclic) bond motifs is 1. The van der Waals surface area contributed by atoms with Crippen LogP contribution >= 0.6 is 0 Å². The third-order valence-electron chi connectivity index (χ3n) is 4.59. The smallest absolute Gasteiger partial charge is 0.329 e. The highest BCUT2D eigenvalue weighted by atomic mass is 16.2. The maximum atomic E-state index is 12.5. The lowest BCUT2D eigenvalue weighted by atomic mass is 9.94. The zero-order valence-corrected chi connectivity index (χ0v) is 14.1. The minimum atomic E-state index is -0.391. The Morgan fingerprint density at radius 2 is 1.70 bits per heavy atom. The van der Waals surface area contributed by atoms with Crippen LogP contribution < -0.4 is 16.7 Å². The molecule has 0 spiro atoms. The summed E-state index contributed by atoms with van der Waals surface area (Å²) in [4.78, 5) is 24.7. The molecule has 3 N–H and O–H groups in total. The minimum absolute atomic E-state index is 0.00978. The molecule has 6 nitrogen and oxygen atoms in total. The molecule has 0 atom stereocenters. The molecular weight excluding hydrogens is 292 g/mol. The summed E-state index contributed by atoms with van der Waals surface area (Å²) in [6.07, 6.45) is 1.58. The lowest BCUT2D eigenvalue weighted by molar-refractivity contribution is -0.121. The predicted molar refractivity (Wildman–Crippen MR) is 92.4 cm³/mol. The van der Waals surface area contributed by atoms with Crippen molar-refractivity contribution in [3.05, 3.63) is 34.7 Å². The second-order valence-electron chi connectivity index (χ2n) is 5.95. The van der Waals surface area contributed by atoms with E-state index >= 15 is 0 Å². The monoisotopic (exact) mass is 318 g/mol. The first kappa shape index (κ1) is 17.3. The Labute approximate surface area is 136 Å². The van der Waals surface area contributed by atoms with Crippen LogP contribution in [-0.2, 0) is 17.9 Å². The number of hydrogen-bond acceptors (Lipinski definition) is 3. The number of nitrogens with zero attached hydrogens (tertiary/aromatic N) is 2. The Morgan fingerprint density at radius 1 is 1.13 bits per heavy atom. The van der Waals surface area contributed by atoms with Gasteiger partial charge in [-0.1, -0.05) is 26.0 Å². The van der Waals surface area contributed by atoms with Gasteiger partial charge in [0.1, 0.15) is 6.54 Å². The van der Waals surface area contributed by atoms with Crippen molar-refractivity contribution >= 4 is 16.9 Å². The van der Waals surface area contributed by atoms with Crippen molar-refractivity contribution < 1.29 is 4.79 Å². The number of benzene rings is 1. The van der Waals surface area contributed by atoms with E-state index in [0.29, 0.717) is 13.1 Å². The Kier molecular flexibility index (Phi) is 5.26. The highest BCUT2D eigenvalue weighted by Gasteiger charge is 2.21. The number of nitrogens with one attached hydrogen (secondary N) is 1. The van der Waals surface area contributed by atoms with Gasteiger partial charge in [0, 0.05) is 18.6 Å². The molecule has 1 heterocycles. The van der Waals surface area contributed by atoms with E-state index in [1.54, 1.807) is 4.57 Å². The summed E-state index contributed by atoms with van der Waals surface area (Å²) in [7, 11) is 0. The van der Waals surface area contributed by atoms with Crippen LogP contribution in [-0.4, -0.2) is 27.1 Å². The number of aryl methyl sites for hydroxylation is 1. The van der Waals surface area contributed by atoms with Gasteiger partial charge in [-0.3, -0.25) is 13.9 Å². The molecule has 0 aliphatic carbocycles. The van der Waals surface area contributed by atoms with Crippen LogP contribution in [0.4, 0.5) is 0 Å². The molecule has 1 aromatic heterocycles. The maximum absolute atomic E-state index is 12.5. The summed E-state index contributed by atoms with van der Waals surface area (Å²) in [6.45, 7) is 6.94. The molecular formula is C17H26N4O2. The van der Waals surface area contributed by atoms with E-state index in [4.69, 9.17) is 5.73 Å². The lowest BCUT2D eigenvalue weighted by Crippen LogP contribution is -2.50. The van der Waals surface area contributed by atoms with Crippen LogP contribution in [0.15, 0.2) is 29.1 Å². The fourth-order valence-electron chi connectivity index (χ4n) is 2.70. The summed E-state index contributed by atoms with van der Waals surface area (Å²) >= 11 is 0. The molecule has 0 aliphatic rings. The van der Waals surface area contributed by atoms with Crippen LogP contribution in [0.3, 0.4) is 0 Å². The molecule has 1 amide bonds. The number of hydrogen-bond donors (Lipinski definition) is 2. The van der Waals surface area contributed by atoms with Gasteiger partial charge < -0.3 is 11.1 Å². The van der Waals surface area contributed by atoms with Gasteiger partial charge in [-0.25, -0.2) is 4.79 Å². The van der Waals surface area contributed by atoms with E-state index in [1.807, 2.05) is 45.0 Å². The number of aromatic nitrogens is 2. The van der Waals surface area contributed by atoms with Crippen LogP contribution in [0.5, 0.6) is 0 Å². The molecule has 0 fully saturated rings. The molecule has 2 rings (SSSR count). The van der Waals surface area contributed by atoms with Crippen molar-refractivity contribution in [3.8, 4) is 0 Å². The van der Waals surface area contributed by atoms with Crippen LogP contribution in [0, 0.1) is 0 Å².